The van der Waals surface area contributed by atoms with Crippen molar-refractivity contribution in [2.75, 3.05) is 6.61 Å². The van der Waals surface area contributed by atoms with Gasteiger partial charge in [0.05, 0.1) is 18.2 Å². The van der Waals surface area contributed by atoms with Crippen molar-refractivity contribution in [2.24, 2.45) is 0 Å². The van der Waals surface area contributed by atoms with Gasteiger partial charge in [0.2, 0.25) is 5.78 Å². The highest BCUT2D eigenvalue weighted by Gasteiger charge is 2.18. The minimum absolute atomic E-state index is 0.0595. The number of aromatic nitrogens is 1. The van der Waals surface area contributed by atoms with E-state index in [1.54, 1.807) is 35.6 Å². The zero-order valence-corrected chi connectivity index (χ0v) is 17.9. The number of Topliss-reactive ketones (excluding diaryl/α,β-unsaturated/α-hetero) is 1. The monoisotopic (exact) mass is 411 g/mol. The molecule has 0 saturated heterocycles. The SMILES string of the molecule is Cc1cc(C(=O)COC(=O)c2ccc(OC(C)C)cc2)c(C)n1Cc1cccs1. The standard InChI is InChI=1S/C23H25NO4S/c1-15(2)28-19-9-7-18(8-10-19)23(26)27-14-22(25)21-12-16(3)24(17(21)4)13-20-6-5-11-29-20/h5-12,15H,13-14H2,1-4H3. The summed E-state index contributed by atoms with van der Waals surface area (Å²) in [6, 6.07) is 12.7. The molecule has 2 heterocycles. The van der Waals surface area contributed by atoms with Crippen LogP contribution >= 0.6 is 11.3 Å². The second-order valence-electron chi connectivity index (χ2n) is 7.14. The largest absolute Gasteiger partial charge is 0.491 e. The molecule has 0 aliphatic rings. The molecular formula is C23H25NO4S. The maximum atomic E-state index is 12.6. The number of hydrogen-bond donors (Lipinski definition) is 0. The van der Waals surface area contributed by atoms with Crippen molar-refractivity contribution in [1.29, 1.82) is 0 Å². The zero-order chi connectivity index (χ0) is 21.0. The molecule has 3 aromatic rings. The first-order chi connectivity index (χ1) is 13.8. The summed E-state index contributed by atoms with van der Waals surface area (Å²) in [6.45, 7) is 8.21. The van der Waals surface area contributed by atoms with Crippen molar-refractivity contribution in [3.8, 4) is 5.75 Å². The van der Waals surface area contributed by atoms with Crippen molar-refractivity contribution in [3.63, 3.8) is 0 Å². The van der Waals surface area contributed by atoms with Crippen LogP contribution in [0.15, 0.2) is 47.8 Å². The van der Waals surface area contributed by atoms with Crippen LogP contribution in [0.5, 0.6) is 5.75 Å². The van der Waals surface area contributed by atoms with Gasteiger partial charge in [-0.25, -0.2) is 4.79 Å². The number of esters is 1. The Hall–Kier alpha value is -2.86. The number of aryl methyl sites for hydroxylation is 1. The fourth-order valence-corrected chi connectivity index (χ4v) is 3.81. The highest BCUT2D eigenvalue weighted by Crippen LogP contribution is 2.20. The molecule has 0 spiro atoms. The van der Waals surface area contributed by atoms with Gasteiger partial charge in [-0.1, -0.05) is 6.07 Å². The molecule has 0 bridgehead atoms. The number of benzene rings is 1. The Morgan fingerprint density at radius 1 is 1.10 bits per heavy atom. The number of rotatable bonds is 8. The molecule has 5 nitrogen and oxygen atoms in total. The van der Waals surface area contributed by atoms with Gasteiger partial charge in [0.15, 0.2) is 6.61 Å². The van der Waals surface area contributed by atoms with Crippen LogP contribution < -0.4 is 4.74 Å². The molecule has 0 aliphatic heterocycles. The number of hydrogen-bond acceptors (Lipinski definition) is 5. The van der Waals surface area contributed by atoms with Crippen molar-refractivity contribution >= 4 is 23.1 Å². The van der Waals surface area contributed by atoms with Crippen LogP contribution in [0.4, 0.5) is 0 Å². The molecule has 0 unspecified atom stereocenters. The van der Waals surface area contributed by atoms with E-state index in [4.69, 9.17) is 9.47 Å². The molecule has 1 aromatic carbocycles. The Morgan fingerprint density at radius 2 is 1.83 bits per heavy atom. The Kier molecular flexibility index (Phi) is 6.54. The fraction of sp³-hybridized carbons (Fsp3) is 0.304. The predicted octanol–water partition coefficient (Wildman–Crippen LogP) is 5.04. The van der Waals surface area contributed by atoms with Gasteiger partial charge in [0.25, 0.3) is 0 Å². The number of nitrogens with zero attached hydrogens (tertiary/aromatic N) is 1. The Morgan fingerprint density at radius 3 is 2.45 bits per heavy atom. The summed E-state index contributed by atoms with van der Waals surface area (Å²) in [5.74, 6) is -0.0451. The summed E-state index contributed by atoms with van der Waals surface area (Å²) >= 11 is 1.68. The molecule has 0 aliphatic carbocycles. The molecule has 0 amide bonds. The van der Waals surface area contributed by atoms with Gasteiger partial charge in [-0.3, -0.25) is 4.79 Å². The van der Waals surface area contributed by atoms with E-state index >= 15 is 0 Å². The molecule has 152 valence electrons. The van der Waals surface area contributed by atoms with E-state index < -0.39 is 5.97 Å². The molecule has 3 rings (SSSR count). The van der Waals surface area contributed by atoms with Crippen molar-refractivity contribution in [3.05, 3.63) is 75.2 Å². The van der Waals surface area contributed by atoms with Crippen LogP contribution in [-0.4, -0.2) is 29.0 Å². The summed E-state index contributed by atoms with van der Waals surface area (Å²) in [4.78, 5) is 26.1. The number of ether oxygens (including phenoxy) is 2. The minimum atomic E-state index is -0.526. The molecule has 2 aromatic heterocycles. The van der Waals surface area contributed by atoms with Crippen molar-refractivity contribution < 1.29 is 19.1 Å². The zero-order valence-electron chi connectivity index (χ0n) is 17.1. The molecule has 6 heteroatoms. The summed E-state index contributed by atoms with van der Waals surface area (Å²) in [6.07, 6.45) is 0.0595. The molecular weight excluding hydrogens is 386 g/mol. The molecule has 0 atom stereocenters. The lowest BCUT2D eigenvalue weighted by Gasteiger charge is -2.10. The van der Waals surface area contributed by atoms with Crippen LogP contribution in [0.1, 0.15) is 50.8 Å². The number of carbonyl (C=O) groups is 2. The summed E-state index contributed by atoms with van der Waals surface area (Å²) < 4.78 is 12.9. The maximum absolute atomic E-state index is 12.6. The Bertz CT molecular complexity index is 985. The van der Waals surface area contributed by atoms with Crippen LogP contribution in [0.2, 0.25) is 0 Å². The van der Waals surface area contributed by atoms with Gasteiger partial charge in [-0.05, 0) is 69.5 Å². The summed E-state index contributed by atoms with van der Waals surface area (Å²) in [5, 5.41) is 2.04. The first kappa shape index (κ1) is 20.9. The highest BCUT2D eigenvalue weighted by molar-refractivity contribution is 7.09. The topological polar surface area (TPSA) is 57.5 Å². The predicted molar refractivity (Wildman–Crippen MR) is 114 cm³/mol. The summed E-state index contributed by atoms with van der Waals surface area (Å²) in [7, 11) is 0. The van der Waals surface area contributed by atoms with Crippen LogP contribution in [0.3, 0.4) is 0 Å². The Labute approximate surface area is 174 Å². The van der Waals surface area contributed by atoms with Crippen LogP contribution in [0.25, 0.3) is 0 Å². The van der Waals surface area contributed by atoms with E-state index in [-0.39, 0.29) is 18.5 Å². The average molecular weight is 412 g/mol. The van der Waals surface area contributed by atoms with Gasteiger partial charge in [0, 0.05) is 21.8 Å². The van der Waals surface area contributed by atoms with Gasteiger partial charge in [-0.15, -0.1) is 11.3 Å². The molecule has 0 radical (unpaired) electrons. The third-order valence-corrected chi connectivity index (χ3v) is 5.43. The quantitative estimate of drug-likeness (QED) is 0.385. The van der Waals surface area contributed by atoms with E-state index in [0.717, 1.165) is 17.9 Å². The van der Waals surface area contributed by atoms with Gasteiger partial charge in [-0.2, -0.15) is 0 Å². The minimum Gasteiger partial charge on any atom is -0.491 e. The molecule has 0 N–H and O–H groups in total. The fourth-order valence-electron chi connectivity index (χ4n) is 3.12. The van der Waals surface area contributed by atoms with Crippen LogP contribution in [-0.2, 0) is 11.3 Å². The van der Waals surface area contributed by atoms with Gasteiger partial charge >= 0.3 is 5.97 Å². The lowest BCUT2D eigenvalue weighted by atomic mass is 10.1. The average Bonchev–Trinajstić information content (AvgIpc) is 3.30. The maximum Gasteiger partial charge on any atom is 0.338 e. The smallest absolute Gasteiger partial charge is 0.338 e. The van der Waals surface area contributed by atoms with Crippen molar-refractivity contribution in [1.82, 2.24) is 4.57 Å². The first-order valence-electron chi connectivity index (χ1n) is 9.51. The van der Waals surface area contributed by atoms with Gasteiger partial charge < -0.3 is 14.0 Å². The normalized spacial score (nSPS) is 10.9. The lowest BCUT2D eigenvalue weighted by Crippen LogP contribution is -2.15. The van der Waals surface area contributed by atoms with E-state index in [1.807, 2.05) is 45.2 Å². The lowest BCUT2D eigenvalue weighted by molar-refractivity contribution is 0.0474. The van der Waals surface area contributed by atoms with E-state index in [2.05, 4.69) is 10.6 Å². The van der Waals surface area contributed by atoms with E-state index in [0.29, 0.717) is 16.9 Å². The van der Waals surface area contributed by atoms with Gasteiger partial charge in [0.1, 0.15) is 5.75 Å². The summed E-state index contributed by atoms with van der Waals surface area (Å²) in [5.41, 5.74) is 2.86. The third kappa shape index (κ3) is 5.15. The molecule has 29 heavy (non-hydrogen) atoms. The van der Waals surface area contributed by atoms with E-state index in [9.17, 15) is 9.59 Å². The second kappa shape index (κ2) is 9.09. The first-order valence-corrected chi connectivity index (χ1v) is 10.4. The van der Waals surface area contributed by atoms with Crippen LogP contribution in [0, 0.1) is 13.8 Å². The Balaban J connectivity index is 1.62. The van der Waals surface area contributed by atoms with E-state index in [1.165, 1.54) is 4.88 Å². The number of ketones is 1. The molecule has 0 saturated carbocycles. The highest BCUT2D eigenvalue weighted by atomic mass is 32.1. The third-order valence-electron chi connectivity index (χ3n) is 4.56. The number of carbonyl (C=O) groups excluding carboxylic acids is 2. The molecule has 0 fully saturated rings. The number of thiophene rings is 1. The van der Waals surface area contributed by atoms with Crippen molar-refractivity contribution in [2.45, 2.75) is 40.3 Å². The second-order valence-corrected chi connectivity index (χ2v) is 8.17.